The van der Waals surface area contributed by atoms with Crippen LogP contribution in [0.3, 0.4) is 0 Å². The zero-order valence-corrected chi connectivity index (χ0v) is 16.1. The number of nitrogens with zero attached hydrogens (tertiary/aromatic N) is 2. The lowest BCUT2D eigenvalue weighted by Gasteiger charge is -2.28. The number of aromatic nitrogens is 1. The summed E-state index contributed by atoms with van der Waals surface area (Å²) in [5.74, 6) is 0. The molecule has 1 aromatic heterocycles. The fourth-order valence-corrected chi connectivity index (χ4v) is 3.98. The van der Waals surface area contributed by atoms with Gasteiger partial charge in [-0.05, 0) is 56.3 Å². The Hall–Kier alpha value is -0.750. The van der Waals surface area contributed by atoms with Gasteiger partial charge in [0.05, 0.1) is 12.3 Å². The summed E-state index contributed by atoms with van der Waals surface area (Å²) in [7, 11) is 0. The van der Waals surface area contributed by atoms with Gasteiger partial charge in [0.1, 0.15) is 0 Å². The zero-order valence-electron chi connectivity index (χ0n) is 12.9. The number of hydrogen-bond donors (Lipinski definition) is 0. The molecule has 1 unspecified atom stereocenters. The van der Waals surface area contributed by atoms with Gasteiger partial charge >= 0.3 is 0 Å². The molecule has 2 heterocycles. The largest absolute Gasteiger partial charge is 0.380 e. The minimum absolute atomic E-state index is 0.482. The smallest absolute Gasteiger partial charge is 0.0686 e. The molecule has 0 amide bonds. The van der Waals surface area contributed by atoms with Gasteiger partial charge in [0.25, 0.3) is 0 Å². The minimum Gasteiger partial charge on any atom is -0.380 e. The van der Waals surface area contributed by atoms with Crippen LogP contribution in [-0.4, -0.2) is 35.7 Å². The topological polar surface area (TPSA) is 25.4 Å². The predicted molar refractivity (Wildman–Crippen MR) is 99.4 cm³/mol. The fourth-order valence-electron chi connectivity index (χ4n) is 2.87. The van der Waals surface area contributed by atoms with Gasteiger partial charge in [0.15, 0.2) is 0 Å². The Morgan fingerprint density at radius 3 is 2.74 bits per heavy atom. The first-order valence-electron chi connectivity index (χ1n) is 7.88. The monoisotopic (exact) mass is 438 g/mol. The Morgan fingerprint density at radius 1 is 1.22 bits per heavy atom. The van der Waals surface area contributed by atoms with Gasteiger partial charge in [-0.3, -0.25) is 9.88 Å². The number of rotatable bonds is 6. The molecule has 23 heavy (non-hydrogen) atoms. The van der Waals surface area contributed by atoms with Crippen molar-refractivity contribution in [2.24, 2.45) is 0 Å². The van der Waals surface area contributed by atoms with Crippen LogP contribution >= 0.6 is 31.9 Å². The zero-order chi connectivity index (χ0) is 16.1. The summed E-state index contributed by atoms with van der Waals surface area (Å²) in [6, 6.07) is 13.2. The maximum absolute atomic E-state index is 5.60. The Morgan fingerprint density at radius 2 is 2.04 bits per heavy atom. The molecule has 3 rings (SSSR count). The maximum Gasteiger partial charge on any atom is 0.0686 e. The van der Waals surface area contributed by atoms with E-state index in [9.17, 15) is 0 Å². The van der Waals surface area contributed by atoms with E-state index >= 15 is 0 Å². The second kappa shape index (κ2) is 8.38. The van der Waals surface area contributed by atoms with E-state index in [-0.39, 0.29) is 0 Å². The van der Waals surface area contributed by atoms with Crippen molar-refractivity contribution in [1.82, 2.24) is 9.88 Å². The minimum atomic E-state index is 0.482. The molecule has 1 atom stereocenters. The van der Waals surface area contributed by atoms with Crippen molar-refractivity contribution in [3.8, 4) is 0 Å². The van der Waals surface area contributed by atoms with Crippen LogP contribution in [0.4, 0.5) is 0 Å². The van der Waals surface area contributed by atoms with Gasteiger partial charge < -0.3 is 4.74 Å². The second-order valence-corrected chi connectivity index (χ2v) is 7.58. The number of benzene rings is 1. The van der Waals surface area contributed by atoms with E-state index in [2.05, 4.69) is 78.1 Å². The lowest BCUT2D eigenvalue weighted by Crippen LogP contribution is -2.37. The average Bonchev–Trinajstić information content (AvgIpc) is 3.08. The van der Waals surface area contributed by atoms with E-state index in [0.29, 0.717) is 6.04 Å². The van der Waals surface area contributed by atoms with Crippen LogP contribution in [-0.2, 0) is 17.7 Å². The molecule has 0 bridgehead atoms. The van der Waals surface area contributed by atoms with Crippen molar-refractivity contribution >= 4 is 31.9 Å². The van der Waals surface area contributed by atoms with Crippen molar-refractivity contribution in [2.45, 2.75) is 25.4 Å². The molecule has 0 spiro atoms. The van der Waals surface area contributed by atoms with Crippen molar-refractivity contribution in [1.29, 1.82) is 0 Å². The van der Waals surface area contributed by atoms with Gasteiger partial charge in [0.2, 0.25) is 0 Å². The van der Waals surface area contributed by atoms with Crippen LogP contribution in [0.1, 0.15) is 17.7 Å². The van der Waals surface area contributed by atoms with E-state index in [1.54, 1.807) is 0 Å². The summed E-state index contributed by atoms with van der Waals surface area (Å²) in [4.78, 5) is 7.07. The lowest BCUT2D eigenvalue weighted by atomic mass is 10.1. The first-order chi connectivity index (χ1) is 11.2. The quantitative estimate of drug-likeness (QED) is 0.665. The molecule has 3 nitrogen and oxygen atoms in total. The number of pyridine rings is 1. The molecule has 2 aromatic rings. The molecular formula is C18H20Br2N2O. The van der Waals surface area contributed by atoms with Gasteiger partial charge in [0, 0.05) is 40.9 Å². The Kier molecular flexibility index (Phi) is 6.22. The predicted octanol–water partition coefficient (Wildman–Crippen LogP) is 4.44. The molecular weight excluding hydrogens is 420 g/mol. The Labute approximate surface area is 154 Å². The average molecular weight is 440 g/mol. The van der Waals surface area contributed by atoms with Gasteiger partial charge in [-0.1, -0.05) is 30.3 Å². The van der Waals surface area contributed by atoms with Crippen molar-refractivity contribution in [3.05, 3.63) is 62.8 Å². The summed E-state index contributed by atoms with van der Waals surface area (Å²) >= 11 is 7.09. The normalized spacial score (nSPS) is 17.8. The molecule has 0 radical (unpaired) electrons. The van der Waals surface area contributed by atoms with Crippen LogP contribution in [0.15, 0.2) is 51.5 Å². The van der Waals surface area contributed by atoms with Crippen LogP contribution in [0.2, 0.25) is 0 Å². The van der Waals surface area contributed by atoms with E-state index in [1.165, 1.54) is 5.56 Å². The number of ether oxygens (including phenoxy) is 1. The molecule has 1 aliphatic rings. The molecule has 1 saturated heterocycles. The van der Waals surface area contributed by atoms with Crippen LogP contribution in [0, 0.1) is 0 Å². The summed E-state index contributed by atoms with van der Waals surface area (Å²) in [5, 5.41) is 0. The first kappa shape index (κ1) is 17.1. The number of hydrogen-bond acceptors (Lipinski definition) is 3. The molecule has 1 aromatic carbocycles. The van der Waals surface area contributed by atoms with Crippen LogP contribution in [0.25, 0.3) is 0 Å². The van der Waals surface area contributed by atoms with E-state index in [4.69, 9.17) is 4.74 Å². The third kappa shape index (κ3) is 4.86. The summed E-state index contributed by atoms with van der Waals surface area (Å²) in [6.07, 6.45) is 4.01. The maximum atomic E-state index is 5.60. The van der Waals surface area contributed by atoms with Crippen molar-refractivity contribution in [2.75, 3.05) is 19.8 Å². The highest BCUT2D eigenvalue weighted by molar-refractivity contribution is 9.11. The standard InChI is InChI=1S/C18H20Br2N2O/c19-15-10-17(20)18(21-11-15)12-22(16-7-9-23-13-16)8-6-14-4-2-1-3-5-14/h1-5,10-11,16H,6-9,12-13H2. The molecule has 0 saturated carbocycles. The van der Waals surface area contributed by atoms with Crippen molar-refractivity contribution < 1.29 is 4.74 Å². The highest BCUT2D eigenvalue weighted by Crippen LogP contribution is 2.23. The van der Waals surface area contributed by atoms with Crippen LogP contribution < -0.4 is 0 Å². The van der Waals surface area contributed by atoms with E-state index in [1.807, 2.05) is 6.20 Å². The van der Waals surface area contributed by atoms with Gasteiger partial charge in [-0.25, -0.2) is 0 Å². The van der Waals surface area contributed by atoms with Crippen molar-refractivity contribution in [3.63, 3.8) is 0 Å². The molecule has 1 aliphatic heterocycles. The number of halogens is 2. The summed E-state index contributed by atoms with van der Waals surface area (Å²) in [6.45, 7) is 3.54. The Balaban J connectivity index is 1.70. The Bertz CT molecular complexity index is 630. The summed E-state index contributed by atoms with van der Waals surface area (Å²) < 4.78 is 7.64. The van der Waals surface area contributed by atoms with Gasteiger partial charge in [-0.2, -0.15) is 0 Å². The third-order valence-electron chi connectivity index (χ3n) is 4.19. The van der Waals surface area contributed by atoms with Crippen LogP contribution in [0.5, 0.6) is 0 Å². The molecule has 1 fully saturated rings. The highest BCUT2D eigenvalue weighted by atomic mass is 79.9. The lowest BCUT2D eigenvalue weighted by molar-refractivity contribution is 0.138. The van der Waals surface area contributed by atoms with E-state index < -0.39 is 0 Å². The molecule has 5 heteroatoms. The van der Waals surface area contributed by atoms with Gasteiger partial charge in [-0.15, -0.1) is 0 Å². The highest BCUT2D eigenvalue weighted by Gasteiger charge is 2.24. The second-order valence-electron chi connectivity index (χ2n) is 5.81. The fraction of sp³-hybridized carbons (Fsp3) is 0.389. The molecule has 0 aliphatic carbocycles. The van der Waals surface area contributed by atoms with E-state index in [0.717, 1.165) is 53.8 Å². The first-order valence-corrected chi connectivity index (χ1v) is 9.46. The SMILES string of the molecule is Brc1cnc(CN(CCc2ccccc2)C2CCOC2)c(Br)c1. The summed E-state index contributed by atoms with van der Waals surface area (Å²) in [5.41, 5.74) is 2.45. The third-order valence-corrected chi connectivity index (χ3v) is 5.31. The molecule has 0 N–H and O–H groups in total. The molecule has 122 valence electrons.